The van der Waals surface area contributed by atoms with Gasteiger partial charge in [0.1, 0.15) is 0 Å². The number of hydrogen-bond donors (Lipinski definition) is 2. The molecule has 1 aromatic heterocycles. The molecule has 21 heavy (non-hydrogen) atoms. The first-order chi connectivity index (χ1) is 10.0. The van der Waals surface area contributed by atoms with Crippen molar-refractivity contribution >= 4 is 44.9 Å². The van der Waals surface area contributed by atoms with Gasteiger partial charge in [0.25, 0.3) is 0 Å². The quantitative estimate of drug-likeness (QED) is 0.739. The van der Waals surface area contributed by atoms with E-state index in [-0.39, 0.29) is 11.6 Å². The van der Waals surface area contributed by atoms with Crippen molar-refractivity contribution in [3.05, 3.63) is 45.4 Å². The van der Waals surface area contributed by atoms with Crippen LogP contribution >= 0.6 is 27.5 Å². The number of nitrogens with one attached hydrogen (secondary N) is 2. The van der Waals surface area contributed by atoms with Crippen molar-refractivity contribution in [3.8, 4) is 0 Å². The second-order valence-corrected chi connectivity index (χ2v) is 5.65. The lowest BCUT2D eigenvalue weighted by Gasteiger charge is -2.12. The molecule has 0 aliphatic heterocycles. The van der Waals surface area contributed by atoms with Crippen molar-refractivity contribution in [3.63, 3.8) is 0 Å². The maximum absolute atomic E-state index is 13.8. The van der Waals surface area contributed by atoms with Crippen LogP contribution < -0.4 is 10.6 Å². The predicted octanol–water partition coefficient (Wildman–Crippen LogP) is 5.34. The van der Waals surface area contributed by atoms with Crippen molar-refractivity contribution in [1.29, 1.82) is 0 Å². The van der Waals surface area contributed by atoms with E-state index in [0.29, 0.717) is 17.3 Å². The number of hydrogen-bond acceptors (Lipinski definition) is 3. The molecule has 2 aromatic rings. The van der Waals surface area contributed by atoms with Crippen molar-refractivity contribution in [1.82, 2.24) is 4.98 Å². The number of halogens is 4. The molecule has 0 saturated heterocycles. The molecule has 7 heteroatoms. The third-order valence-electron chi connectivity index (χ3n) is 2.65. The van der Waals surface area contributed by atoms with E-state index in [2.05, 4.69) is 31.5 Å². The van der Waals surface area contributed by atoms with Gasteiger partial charge in [0.05, 0.1) is 10.7 Å². The lowest BCUT2D eigenvalue weighted by atomic mass is 10.3. The standard InChI is InChI=1S/C14H13BrClF2N3/c1-2-5-19-13-10(17)7-11(18)14(21-13)20-12-6-8(15)3-4-9(12)16/h3-4,6-7H,2,5H2,1H3,(H2,19,20,21). The van der Waals surface area contributed by atoms with Gasteiger partial charge in [-0.1, -0.05) is 34.5 Å². The van der Waals surface area contributed by atoms with Crippen LogP contribution in [0.15, 0.2) is 28.7 Å². The topological polar surface area (TPSA) is 37.0 Å². The Kier molecular flexibility index (Phi) is 5.36. The van der Waals surface area contributed by atoms with E-state index in [1.807, 2.05) is 6.92 Å². The number of nitrogens with zero attached hydrogens (tertiary/aromatic N) is 1. The lowest BCUT2D eigenvalue weighted by molar-refractivity contribution is 0.579. The number of benzene rings is 1. The lowest BCUT2D eigenvalue weighted by Crippen LogP contribution is -2.07. The molecule has 0 aliphatic rings. The first-order valence-corrected chi connectivity index (χ1v) is 7.50. The van der Waals surface area contributed by atoms with Crippen LogP contribution in [0.2, 0.25) is 5.02 Å². The molecule has 1 heterocycles. The molecule has 0 aliphatic carbocycles. The Morgan fingerprint density at radius 1 is 1.19 bits per heavy atom. The van der Waals surface area contributed by atoms with Crippen LogP contribution in [0.3, 0.4) is 0 Å². The third kappa shape index (κ3) is 4.04. The molecule has 0 amide bonds. The fourth-order valence-electron chi connectivity index (χ4n) is 1.64. The summed E-state index contributed by atoms with van der Waals surface area (Å²) in [6.07, 6.45) is 0.804. The summed E-state index contributed by atoms with van der Waals surface area (Å²) in [6, 6.07) is 5.90. The highest BCUT2D eigenvalue weighted by atomic mass is 79.9. The average Bonchev–Trinajstić information content (AvgIpc) is 2.44. The van der Waals surface area contributed by atoms with Crippen molar-refractivity contribution < 1.29 is 8.78 Å². The fraction of sp³-hybridized carbons (Fsp3) is 0.214. The van der Waals surface area contributed by atoms with E-state index in [0.717, 1.165) is 17.0 Å². The Balaban J connectivity index is 2.32. The van der Waals surface area contributed by atoms with Gasteiger partial charge in [-0.05, 0) is 24.6 Å². The summed E-state index contributed by atoms with van der Waals surface area (Å²) in [5.41, 5.74) is 0.477. The van der Waals surface area contributed by atoms with E-state index in [9.17, 15) is 8.78 Å². The van der Waals surface area contributed by atoms with Crippen LogP contribution in [-0.4, -0.2) is 11.5 Å². The Bertz CT molecular complexity index is 652. The van der Waals surface area contributed by atoms with E-state index in [4.69, 9.17) is 11.6 Å². The number of pyridine rings is 1. The molecular formula is C14H13BrClF2N3. The Labute approximate surface area is 134 Å². The van der Waals surface area contributed by atoms with Gasteiger partial charge in [-0.15, -0.1) is 0 Å². The van der Waals surface area contributed by atoms with Crippen LogP contribution in [0.25, 0.3) is 0 Å². The first kappa shape index (κ1) is 16.0. The third-order valence-corrected chi connectivity index (χ3v) is 3.48. The van der Waals surface area contributed by atoms with Crippen LogP contribution in [0.5, 0.6) is 0 Å². The number of anilines is 3. The minimum atomic E-state index is -0.786. The van der Waals surface area contributed by atoms with Crippen LogP contribution in [0.4, 0.5) is 26.1 Å². The molecule has 0 bridgehead atoms. The predicted molar refractivity (Wildman–Crippen MR) is 85.4 cm³/mol. The summed E-state index contributed by atoms with van der Waals surface area (Å²) in [6.45, 7) is 2.49. The van der Waals surface area contributed by atoms with Gasteiger partial charge >= 0.3 is 0 Å². The van der Waals surface area contributed by atoms with Gasteiger partial charge in [0.2, 0.25) is 0 Å². The van der Waals surface area contributed by atoms with Gasteiger partial charge in [0, 0.05) is 17.1 Å². The maximum atomic E-state index is 13.8. The van der Waals surface area contributed by atoms with Crippen molar-refractivity contribution in [2.75, 3.05) is 17.2 Å². The summed E-state index contributed by atoms with van der Waals surface area (Å²) >= 11 is 9.33. The molecule has 1 aromatic carbocycles. The van der Waals surface area contributed by atoms with E-state index < -0.39 is 11.6 Å². The summed E-state index contributed by atoms with van der Waals surface area (Å²) in [4.78, 5) is 3.93. The summed E-state index contributed by atoms with van der Waals surface area (Å²) in [5.74, 6) is -1.60. The van der Waals surface area contributed by atoms with Gasteiger partial charge < -0.3 is 10.6 Å². The van der Waals surface area contributed by atoms with Crippen LogP contribution in [-0.2, 0) is 0 Å². The molecule has 2 N–H and O–H groups in total. The van der Waals surface area contributed by atoms with Crippen LogP contribution in [0.1, 0.15) is 13.3 Å². The van der Waals surface area contributed by atoms with Gasteiger partial charge in [0.15, 0.2) is 23.3 Å². The largest absolute Gasteiger partial charge is 0.368 e. The summed E-state index contributed by atoms with van der Waals surface area (Å²) in [5, 5.41) is 5.99. The SMILES string of the molecule is CCCNc1nc(Nc2cc(Br)ccc2Cl)c(F)cc1F. The summed E-state index contributed by atoms with van der Waals surface area (Å²) in [7, 11) is 0. The molecule has 0 fully saturated rings. The minimum absolute atomic E-state index is 0.00636. The monoisotopic (exact) mass is 375 g/mol. The normalized spacial score (nSPS) is 10.5. The fourth-order valence-corrected chi connectivity index (χ4v) is 2.17. The molecular weight excluding hydrogens is 364 g/mol. The smallest absolute Gasteiger partial charge is 0.169 e. The second-order valence-electron chi connectivity index (χ2n) is 4.33. The van der Waals surface area contributed by atoms with Crippen molar-refractivity contribution in [2.45, 2.75) is 13.3 Å². The highest BCUT2D eigenvalue weighted by Gasteiger charge is 2.13. The van der Waals surface area contributed by atoms with E-state index in [1.165, 1.54) is 0 Å². The highest BCUT2D eigenvalue weighted by molar-refractivity contribution is 9.10. The molecule has 0 radical (unpaired) electrons. The van der Waals surface area contributed by atoms with E-state index in [1.54, 1.807) is 18.2 Å². The zero-order chi connectivity index (χ0) is 15.4. The van der Waals surface area contributed by atoms with Gasteiger partial charge in [-0.25, -0.2) is 13.8 Å². The molecule has 0 atom stereocenters. The summed E-state index contributed by atoms with van der Waals surface area (Å²) < 4.78 is 28.2. The first-order valence-electron chi connectivity index (χ1n) is 6.33. The Hall–Kier alpha value is -1.40. The zero-order valence-corrected chi connectivity index (χ0v) is 13.5. The van der Waals surface area contributed by atoms with Crippen LogP contribution in [0, 0.1) is 11.6 Å². The molecule has 2 rings (SSSR count). The molecule has 0 unspecified atom stereocenters. The number of rotatable bonds is 5. The number of aromatic nitrogens is 1. The highest BCUT2D eigenvalue weighted by Crippen LogP contribution is 2.30. The van der Waals surface area contributed by atoms with E-state index >= 15 is 0 Å². The Morgan fingerprint density at radius 2 is 1.90 bits per heavy atom. The molecule has 3 nitrogen and oxygen atoms in total. The van der Waals surface area contributed by atoms with Crippen molar-refractivity contribution in [2.24, 2.45) is 0 Å². The van der Waals surface area contributed by atoms with Gasteiger partial charge in [-0.2, -0.15) is 0 Å². The maximum Gasteiger partial charge on any atom is 0.169 e. The van der Waals surface area contributed by atoms with Gasteiger partial charge in [-0.3, -0.25) is 0 Å². The second kappa shape index (κ2) is 7.04. The average molecular weight is 377 g/mol. The Morgan fingerprint density at radius 3 is 2.62 bits per heavy atom. The minimum Gasteiger partial charge on any atom is -0.368 e. The molecule has 0 saturated carbocycles. The molecule has 112 valence electrons. The molecule has 0 spiro atoms. The zero-order valence-electron chi connectivity index (χ0n) is 11.2.